The molecule has 1 atom stereocenters. The monoisotopic (exact) mass is 296 g/mol. The quantitative estimate of drug-likeness (QED) is 0.742. The second kappa shape index (κ2) is 4.99. The summed E-state index contributed by atoms with van der Waals surface area (Å²) < 4.78 is 2.27. The van der Waals surface area contributed by atoms with Gasteiger partial charge in [0.1, 0.15) is 5.82 Å². The minimum atomic E-state index is 0.448. The van der Waals surface area contributed by atoms with Gasteiger partial charge in [0.05, 0.1) is 16.9 Å². The van der Waals surface area contributed by atoms with Crippen LogP contribution in [0.2, 0.25) is 5.02 Å². The van der Waals surface area contributed by atoms with Gasteiger partial charge in [-0.3, -0.25) is 0 Å². The van der Waals surface area contributed by atoms with E-state index in [9.17, 15) is 0 Å². The van der Waals surface area contributed by atoms with Crippen molar-refractivity contribution in [3.8, 4) is 0 Å². The Labute approximate surface area is 123 Å². The summed E-state index contributed by atoms with van der Waals surface area (Å²) in [5, 5.41) is 0.800. The summed E-state index contributed by atoms with van der Waals surface area (Å²) in [7, 11) is 0. The molecule has 1 aliphatic rings. The van der Waals surface area contributed by atoms with Gasteiger partial charge in [-0.25, -0.2) is 4.98 Å². The van der Waals surface area contributed by atoms with Gasteiger partial charge in [0, 0.05) is 11.6 Å². The molecule has 1 aromatic heterocycles. The summed E-state index contributed by atoms with van der Waals surface area (Å²) in [5.74, 6) is 2.95. The van der Waals surface area contributed by atoms with Crippen LogP contribution < -0.4 is 0 Å². The third-order valence-corrected chi connectivity index (χ3v) is 4.84. The maximum atomic E-state index is 6.25. The first kappa shape index (κ1) is 13.3. The number of fused-ring (bicyclic) bond motifs is 1. The fraction of sp³-hybridized carbons (Fsp3) is 0.533. The molecule has 1 heterocycles. The van der Waals surface area contributed by atoms with Gasteiger partial charge in [-0.15, -0.1) is 11.6 Å². The SMILES string of the molecule is Cc1c(Cl)ccc2nc(CCl)n(CC(C)C3CC3)c12. The zero-order valence-electron chi connectivity index (χ0n) is 11.3. The van der Waals surface area contributed by atoms with Crippen molar-refractivity contribution in [3.63, 3.8) is 0 Å². The number of aryl methyl sites for hydroxylation is 1. The molecule has 0 aliphatic heterocycles. The normalized spacial score (nSPS) is 17.1. The smallest absolute Gasteiger partial charge is 0.124 e. The highest BCUT2D eigenvalue weighted by atomic mass is 35.5. The molecule has 102 valence electrons. The fourth-order valence-corrected chi connectivity index (χ4v) is 3.18. The number of rotatable bonds is 4. The largest absolute Gasteiger partial charge is 0.326 e. The number of nitrogens with zero attached hydrogens (tertiary/aromatic N) is 2. The van der Waals surface area contributed by atoms with E-state index in [1.54, 1.807) is 0 Å². The Balaban J connectivity index is 2.10. The van der Waals surface area contributed by atoms with Gasteiger partial charge in [0.2, 0.25) is 0 Å². The molecule has 0 saturated heterocycles. The number of alkyl halides is 1. The Morgan fingerprint density at radius 3 is 2.79 bits per heavy atom. The molecule has 0 radical (unpaired) electrons. The van der Waals surface area contributed by atoms with Crippen LogP contribution in [0.3, 0.4) is 0 Å². The Morgan fingerprint density at radius 1 is 1.42 bits per heavy atom. The zero-order chi connectivity index (χ0) is 13.6. The van der Waals surface area contributed by atoms with Crippen molar-refractivity contribution in [3.05, 3.63) is 28.5 Å². The van der Waals surface area contributed by atoms with Gasteiger partial charge in [-0.2, -0.15) is 0 Å². The van der Waals surface area contributed by atoms with E-state index >= 15 is 0 Å². The lowest BCUT2D eigenvalue weighted by Gasteiger charge is -2.15. The fourth-order valence-electron chi connectivity index (χ4n) is 2.82. The van der Waals surface area contributed by atoms with E-state index in [0.29, 0.717) is 11.8 Å². The summed E-state index contributed by atoms with van der Waals surface area (Å²) in [6.07, 6.45) is 2.73. The summed E-state index contributed by atoms with van der Waals surface area (Å²) in [6.45, 7) is 5.37. The molecule has 0 amide bonds. The van der Waals surface area contributed by atoms with Gasteiger partial charge in [-0.05, 0) is 49.3 Å². The number of benzene rings is 1. The van der Waals surface area contributed by atoms with E-state index < -0.39 is 0 Å². The summed E-state index contributed by atoms with van der Waals surface area (Å²) in [6, 6.07) is 3.90. The third-order valence-electron chi connectivity index (χ3n) is 4.19. The van der Waals surface area contributed by atoms with Gasteiger partial charge < -0.3 is 4.57 Å². The predicted molar refractivity (Wildman–Crippen MR) is 80.9 cm³/mol. The molecule has 1 saturated carbocycles. The molecule has 1 unspecified atom stereocenters. The number of imidazole rings is 1. The van der Waals surface area contributed by atoms with E-state index in [1.165, 1.54) is 12.8 Å². The van der Waals surface area contributed by atoms with E-state index in [2.05, 4.69) is 23.4 Å². The number of hydrogen-bond donors (Lipinski definition) is 0. The van der Waals surface area contributed by atoms with Crippen molar-refractivity contribution in [1.29, 1.82) is 0 Å². The summed E-state index contributed by atoms with van der Waals surface area (Å²) in [5.41, 5.74) is 3.25. The molecule has 1 aromatic carbocycles. The lowest BCUT2D eigenvalue weighted by atomic mass is 10.1. The molecule has 4 heteroatoms. The first-order valence-corrected chi connectivity index (χ1v) is 7.73. The van der Waals surface area contributed by atoms with Gasteiger partial charge in [-0.1, -0.05) is 18.5 Å². The zero-order valence-corrected chi connectivity index (χ0v) is 12.8. The topological polar surface area (TPSA) is 17.8 Å². The second-order valence-electron chi connectivity index (χ2n) is 5.63. The number of hydrogen-bond acceptors (Lipinski definition) is 1. The van der Waals surface area contributed by atoms with E-state index in [4.69, 9.17) is 23.2 Å². The predicted octanol–water partition coefficient (Wildman–Crippen LogP) is 4.78. The molecule has 0 bridgehead atoms. The average Bonchev–Trinajstić information content (AvgIpc) is 3.18. The molecular formula is C15H18Cl2N2. The first-order chi connectivity index (χ1) is 9.11. The van der Waals surface area contributed by atoms with Crippen LogP contribution >= 0.6 is 23.2 Å². The number of halogens is 2. The Kier molecular flexibility index (Phi) is 3.48. The van der Waals surface area contributed by atoms with Crippen molar-refractivity contribution in [2.45, 2.75) is 39.1 Å². The standard InChI is InChI=1S/C15H18Cl2N2/c1-9(11-3-4-11)8-19-14(7-16)18-13-6-5-12(17)10(2)15(13)19/h5-6,9,11H,3-4,7-8H2,1-2H3. The van der Waals surface area contributed by atoms with Crippen LogP contribution in [0.25, 0.3) is 11.0 Å². The minimum Gasteiger partial charge on any atom is -0.326 e. The average molecular weight is 297 g/mol. The lowest BCUT2D eigenvalue weighted by Crippen LogP contribution is -2.12. The molecule has 0 spiro atoms. The van der Waals surface area contributed by atoms with Crippen LogP contribution in [-0.2, 0) is 12.4 Å². The maximum Gasteiger partial charge on any atom is 0.124 e. The van der Waals surface area contributed by atoms with Crippen LogP contribution in [0.4, 0.5) is 0 Å². The van der Waals surface area contributed by atoms with Crippen molar-refractivity contribution >= 4 is 34.2 Å². The van der Waals surface area contributed by atoms with Gasteiger partial charge in [0.15, 0.2) is 0 Å². The molecule has 0 N–H and O–H groups in total. The molecule has 2 aromatic rings. The van der Waals surface area contributed by atoms with Gasteiger partial charge >= 0.3 is 0 Å². The van der Waals surface area contributed by atoms with Crippen LogP contribution in [-0.4, -0.2) is 9.55 Å². The molecule has 2 nitrogen and oxygen atoms in total. The first-order valence-electron chi connectivity index (χ1n) is 6.82. The van der Waals surface area contributed by atoms with Gasteiger partial charge in [0.25, 0.3) is 0 Å². The highest BCUT2D eigenvalue weighted by molar-refractivity contribution is 6.32. The minimum absolute atomic E-state index is 0.448. The summed E-state index contributed by atoms with van der Waals surface area (Å²) in [4.78, 5) is 4.64. The Morgan fingerprint density at radius 2 is 2.16 bits per heavy atom. The van der Waals surface area contributed by atoms with Crippen LogP contribution in [0, 0.1) is 18.8 Å². The van der Waals surface area contributed by atoms with E-state index in [1.807, 2.05) is 12.1 Å². The summed E-state index contributed by atoms with van der Waals surface area (Å²) >= 11 is 12.3. The van der Waals surface area contributed by atoms with Crippen LogP contribution in [0.1, 0.15) is 31.2 Å². The van der Waals surface area contributed by atoms with Crippen molar-refractivity contribution < 1.29 is 0 Å². The molecule has 19 heavy (non-hydrogen) atoms. The van der Waals surface area contributed by atoms with Crippen LogP contribution in [0.5, 0.6) is 0 Å². The van der Waals surface area contributed by atoms with Crippen LogP contribution in [0.15, 0.2) is 12.1 Å². The van der Waals surface area contributed by atoms with Crippen molar-refractivity contribution in [2.24, 2.45) is 11.8 Å². The number of aromatic nitrogens is 2. The molecule has 3 rings (SSSR count). The van der Waals surface area contributed by atoms with Crippen molar-refractivity contribution in [1.82, 2.24) is 9.55 Å². The van der Waals surface area contributed by atoms with E-state index in [-0.39, 0.29) is 0 Å². The Bertz CT molecular complexity index is 614. The highest BCUT2D eigenvalue weighted by Gasteiger charge is 2.29. The third kappa shape index (κ3) is 2.36. The van der Waals surface area contributed by atoms with Crippen molar-refractivity contribution in [2.75, 3.05) is 0 Å². The molecule has 1 fully saturated rings. The Hall–Kier alpha value is -0.730. The molecular weight excluding hydrogens is 279 g/mol. The highest BCUT2D eigenvalue weighted by Crippen LogP contribution is 2.38. The second-order valence-corrected chi connectivity index (χ2v) is 6.30. The van der Waals surface area contributed by atoms with E-state index in [0.717, 1.165) is 39.9 Å². The lowest BCUT2D eigenvalue weighted by molar-refractivity contribution is 0.430. The maximum absolute atomic E-state index is 6.25. The molecule has 1 aliphatic carbocycles.